The van der Waals surface area contributed by atoms with Crippen molar-refractivity contribution < 1.29 is 9.85 Å². The minimum absolute atomic E-state index is 0.383. The second kappa shape index (κ2) is 5.22. The van der Waals surface area contributed by atoms with Gasteiger partial charge in [0.15, 0.2) is 0 Å². The summed E-state index contributed by atoms with van der Waals surface area (Å²) in [6.45, 7) is 1.91. The zero-order valence-electron chi connectivity index (χ0n) is 6.73. The third-order valence-corrected chi connectivity index (χ3v) is 1.26. The molecule has 0 aliphatic carbocycles. The minimum atomic E-state index is -0.977. The van der Waals surface area contributed by atoms with Crippen LogP contribution in [0.5, 0.6) is 0 Å². The van der Waals surface area contributed by atoms with Crippen LogP contribution in [-0.2, 0) is 0 Å². The molecule has 0 aliphatic rings. The monoisotopic (exact) mass is 174 g/mol. The summed E-state index contributed by atoms with van der Waals surface area (Å²) in [5.41, 5.74) is 0. The molecule has 6 nitrogen and oxygen atoms in total. The molecular formula is C6H10N2O4. The standard InChI is InChI=1S/C6H10N2O4/c1-2-3-4-5-6(7(9)10)8(11)12/h5H,2-4H2,1H3. The number of nitrogens with zero attached hydrogens (tertiary/aromatic N) is 2. The molecule has 0 aromatic heterocycles. The number of rotatable bonds is 5. The molecule has 0 saturated heterocycles. The molecule has 0 atom stereocenters. The second-order valence-corrected chi connectivity index (χ2v) is 2.22. The maximum atomic E-state index is 10.0. The number of hydrogen-bond acceptors (Lipinski definition) is 4. The predicted octanol–water partition coefficient (Wildman–Crippen LogP) is 1.57. The fourth-order valence-corrected chi connectivity index (χ4v) is 0.651. The molecule has 6 heteroatoms. The van der Waals surface area contributed by atoms with E-state index >= 15 is 0 Å². The fourth-order valence-electron chi connectivity index (χ4n) is 0.651. The van der Waals surface area contributed by atoms with Crippen molar-refractivity contribution in [3.05, 3.63) is 32.1 Å². The normalized spacial score (nSPS) is 9.08. The first-order valence-corrected chi connectivity index (χ1v) is 3.58. The van der Waals surface area contributed by atoms with Gasteiger partial charge in [0.25, 0.3) is 0 Å². The lowest BCUT2D eigenvalue weighted by molar-refractivity contribution is -0.616. The first-order valence-electron chi connectivity index (χ1n) is 3.58. The van der Waals surface area contributed by atoms with Gasteiger partial charge in [0.05, 0.1) is 6.08 Å². The van der Waals surface area contributed by atoms with Crippen molar-refractivity contribution in [1.29, 1.82) is 0 Å². The summed E-state index contributed by atoms with van der Waals surface area (Å²) in [6.07, 6.45) is 3.02. The smallest absolute Gasteiger partial charge is 0.253 e. The van der Waals surface area contributed by atoms with E-state index in [0.717, 1.165) is 18.9 Å². The van der Waals surface area contributed by atoms with Gasteiger partial charge in [-0.25, -0.2) is 0 Å². The van der Waals surface area contributed by atoms with Crippen molar-refractivity contribution in [3.8, 4) is 0 Å². The lowest BCUT2D eigenvalue weighted by Gasteiger charge is -1.88. The number of nitro groups is 2. The van der Waals surface area contributed by atoms with Crippen molar-refractivity contribution >= 4 is 0 Å². The van der Waals surface area contributed by atoms with E-state index in [4.69, 9.17) is 0 Å². The summed E-state index contributed by atoms with van der Waals surface area (Å²) >= 11 is 0. The molecule has 0 saturated carbocycles. The maximum Gasteiger partial charge on any atom is 0.554 e. The highest BCUT2D eigenvalue weighted by Crippen LogP contribution is 2.02. The van der Waals surface area contributed by atoms with Crippen molar-refractivity contribution in [2.75, 3.05) is 0 Å². The van der Waals surface area contributed by atoms with Crippen LogP contribution in [0.15, 0.2) is 11.9 Å². The highest BCUT2D eigenvalue weighted by Gasteiger charge is 2.23. The zero-order valence-corrected chi connectivity index (χ0v) is 6.73. The van der Waals surface area contributed by atoms with Gasteiger partial charge in [-0.15, -0.1) is 0 Å². The van der Waals surface area contributed by atoms with E-state index in [0.29, 0.717) is 6.42 Å². The Bertz CT molecular complexity index is 196. The lowest BCUT2D eigenvalue weighted by atomic mass is 10.2. The molecule has 0 radical (unpaired) electrons. The Kier molecular flexibility index (Phi) is 4.59. The zero-order chi connectivity index (χ0) is 9.56. The summed E-state index contributed by atoms with van der Waals surface area (Å²) in [5.74, 6) is -0.927. The van der Waals surface area contributed by atoms with Gasteiger partial charge in [-0.2, -0.15) is 0 Å². The van der Waals surface area contributed by atoms with Crippen LogP contribution in [0.1, 0.15) is 26.2 Å². The van der Waals surface area contributed by atoms with Crippen LogP contribution in [0.2, 0.25) is 0 Å². The van der Waals surface area contributed by atoms with Gasteiger partial charge in [-0.1, -0.05) is 13.3 Å². The van der Waals surface area contributed by atoms with Crippen molar-refractivity contribution in [2.45, 2.75) is 26.2 Å². The topological polar surface area (TPSA) is 86.3 Å². The Morgan fingerprint density at radius 1 is 1.33 bits per heavy atom. The van der Waals surface area contributed by atoms with Crippen molar-refractivity contribution in [3.63, 3.8) is 0 Å². The summed E-state index contributed by atoms with van der Waals surface area (Å²) in [6, 6.07) is 0. The summed E-state index contributed by atoms with van der Waals surface area (Å²) in [4.78, 5) is 18.1. The van der Waals surface area contributed by atoms with Crippen LogP contribution in [0, 0.1) is 20.2 Å². The third-order valence-electron chi connectivity index (χ3n) is 1.26. The molecule has 68 valence electrons. The number of allylic oxidation sites excluding steroid dienone is 1. The Morgan fingerprint density at radius 2 is 1.83 bits per heavy atom. The predicted molar refractivity (Wildman–Crippen MR) is 41.6 cm³/mol. The second-order valence-electron chi connectivity index (χ2n) is 2.22. The molecule has 0 unspecified atom stereocenters. The van der Waals surface area contributed by atoms with E-state index in [-0.39, 0.29) is 0 Å². The van der Waals surface area contributed by atoms with Gasteiger partial charge >= 0.3 is 5.82 Å². The van der Waals surface area contributed by atoms with Crippen LogP contribution in [0.25, 0.3) is 0 Å². The van der Waals surface area contributed by atoms with Crippen LogP contribution >= 0.6 is 0 Å². The van der Waals surface area contributed by atoms with E-state index in [9.17, 15) is 20.2 Å². The average Bonchev–Trinajstić information content (AvgIpc) is 1.96. The van der Waals surface area contributed by atoms with Gasteiger partial charge in [-0.3, -0.25) is 20.2 Å². The first-order chi connectivity index (χ1) is 5.59. The Hall–Kier alpha value is -1.46. The number of unbranched alkanes of at least 4 members (excludes halogenated alkanes) is 2. The van der Waals surface area contributed by atoms with Crippen molar-refractivity contribution in [2.24, 2.45) is 0 Å². The van der Waals surface area contributed by atoms with E-state index in [1.165, 1.54) is 0 Å². The molecule has 0 amide bonds. The molecule has 0 rings (SSSR count). The molecule has 0 bridgehead atoms. The quantitative estimate of drug-likeness (QED) is 0.359. The Labute approximate surface area is 69.2 Å². The highest BCUT2D eigenvalue weighted by atomic mass is 16.7. The third kappa shape index (κ3) is 3.65. The lowest BCUT2D eigenvalue weighted by Crippen LogP contribution is -2.08. The molecular weight excluding hydrogens is 164 g/mol. The van der Waals surface area contributed by atoms with Gasteiger partial charge < -0.3 is 0 Å². The highest BCUT2D eigenvalue weighted by molar-refractivity contribution is 4.80. The Morgan fingerprint density at radius 3 is 2.17 bits per heavy atom. The van der Waals surface area contributed by atoms with Crippen molar-refractivity contribution in [1.82, 2.24) is 0 Å². The summed E-state index contributed by atoms with van der Waals surface area (Å²) < 4.78 is 0. The molecule has 0 aliphatic heterocycles. The number of hydrogen-bond donors (Lipinski definition) is 0. The SMILES string of the molecule is CCCCC=C([N+](=O)[O-])[N+](=O)[O-]. The van der Waals surface area contributed by atoms with E-state index < -0.39 is 15.7 Å². The molecule has 0 aromatic rings. The van der Waals surface area contributed by atoms with Gasteiger partial charge in [-0.05, 0) is 12.8 Å². The van der Waals surface area contributed by atoms with Gasteiger partial charge in [0.1, 0.15) is 9.85 Å². The Balaban J connectivity index is 4.20. The molecule has 0 spiro atoms. The minimum Gasteiger partial charge on any atom is -0.253 e. The molecule has 12 heavy (non-hydrogen) atoms. The molecule has 0 aromatic carbocycles. The van der Waals surface area contributed by atoms with Crippen LogP contribution in [0.3, 0.4) is 0 Å². The molecule has 0 heterocycles. The first kappa shape index (κ1) is 10.5. The summed E-state index contributed by atoms with van der Waals surface area (Å²) in [7, 11) is 0. The van der Waals surface area contributed by atoms with Gasteiger partial charge in [0, 0.05) is 0 Å². The molecule has 0 fully saturated rings. The largest absolute Gasteiger partial charge is 0.554 e. The van der Waals surface area contributed by atoms with Crippen LogP contribution in [-0.4, -0.2) is 9.85 Å². The fraction of sp³-hybridized carbons (Fsp3) is 0.667. The maximum absolute atomic E-state index is 10.0. The van der Waals surface area contributed by atoms with Crippen LogP contribution in [0.4, 0.5) is 0 Å². The summed E-state index contributed by atoms with van der Waals surface area (Å²) in [5, 5.41) is 20.1. The van der Waals surface area contributed by atoms with E-state index in [1.54, 1.807) is 0 Å². The average molecular weight is 174 g/mol. The van der Waals surface area contributed by atoms with Crippen LogP contribution < -0.4 is 0 Å². The van der Waals surface area contributed by atoms with E-state index in [1.807, 2.05) is 6.92 Å². The molecule has 0 N–H and O–H groups in total. The van der Waals surface area contributed by atoms with E-state index in [2.05, 4.69) is 0 Å². The van der Waals surface area contributed by atoms with Gasteiger partial charge in [0.2, 0.25) is 0 Å².